The van der Waals surface area contributed by atoms with Crippen LogP contribution in [-0.2, 0) is 6.54 Å². The van der Waals surface area contributed by atoms with E-state index >= 15 is 0 Å². The first-order valence-corrected chi connectivity index (χ1v) is 5.91. The number of methoxy groups -OCH3 is 2. The zero-order chi connectivity index (χ0) is 14.5. The zero-order valence-corrected chi connectivity index (χ0v) is 11.2. The highest BCUT2D eigenvalue weighted by atomic mass is 16.6. The van der Waals surface area contributed by atoms with E-state index < -0.39 is 6.09 Å². The topological polar surface area (TPSA) is 72.1 Å². The lowest BCUT2D eigenvalue weighted by atomic mass is 10.2. The van der Waals surface area contributed by atoms with Crippen molar-refractivity contribution in [2.45, 2.75) is 6.54 Å². The number of furan rings is 1. The standard InChI is InChI=1S/C14H15NO5/c1-18-11-5-3-10(4-6-11)9-15(14(16)17)12-7-8-13(19-2)20-12/h3-8H,9H2,1-2H3,(H,16,17). The minimum atomic E-state index is -1.10. The Hall–Kier alpha value is -2.63. The van der Waals surface area contributed by atoms with Gasteiger partial charge in [-0.3, -0.25) is 0 Å². The fourth-order valence-electron chi connectivity index (χ4n) is 1.72. The third-order valence-electron chi connectivity index (χ3n) is 2.77. The smallest absolute Gasteiger partial charge is 0.414 e. The van der Waals surface area contributed by atoms with Gasteiger partial charge in [0.15, 0.2) is 0 Å². The van der Waals surface area contributed by atoms with Gasteiger partial charge in [-0.2, -0.15) is 0 Å². The molecule has 1 N–H and O–H groups in total. The van der Waals surface area contributed by atoms with Gasteiger partial charge in [0, 0.05) is 12.1 Å². The van der Waals surface area contributed by atoms with Crippen LogP contribution in [0.25, 0.3) is 0 Å². The largest absolute Gasteiger partial charge is 0.497 e. The van der Waals surface area contributed by atoms with E-state index in [0.717, 1.165) is 16.2 Å². The first-order valence-electron chi connectivity index (χ1n) is 5.91. The molecule has 1 heterocycles. The lowest BCUT2D eigenvalue weighted by molar-refractivity contribution is 0.199. The second kappa shape index (κ2) is 6.01. The van der Waals surface area contributed by atoms with Gasteiger partial charge in [0.25, 0.3) is 5.95 Å². The Kier molecular flexibility index (Phi) is 4.14. The van der Waals surface area contributed by atoms with Crippen LogP contribution in [0.15, 0.2) is 40.8 Å². The Bertz CT molecular complexity index is 576. The SMILES string of the molecule is COc1ccc(CN(C(=O)O)c2ccc(OC)o2)cc1. The number of anilines is 1. The van der Waals surface area contributed by atoms with Crippen LogP contribution in [0.1, 0.15) is 5.56 Å². The van der Waals surface area contributed by atoms with Gasteiger partial charge < -0.3 is 19.0 Å². The minimum Gasteiger partial charge on any atom is -0.497 e. The van der Waals surface area contributed by atoms with E-state index in [-0.39, 0.29) is 18.4 Å². The number of ether oxygens (including phenoxy) is 2. The summed E-state index contributed by atoms with van der Waals surface area (Å²) in [6.45, 7) is 0.177. The lowest BCUT2D eigenvalue weighted by Gasteiger charge is -2.16. The molecule has 1 amide bonds. The number of hydrogen-bond acceptors (Lipinski definition) is 4. The molecule has 0 radical (unpaired) electrons. The average molecular weight is 277 g/mol. The molecule has 0 fully saturated rings. The number of carboxylic acid groups (broad SMARTS) is 1. The van der Waals surface area contributed by atoms with E-state index in [1.165, 1.54) is 7.11 Å². The number of amides is 1. The van der Waals surface area contributed by atoms with Crippen molar-refractivity contribution in [1.82, 2.24) is 0 Å². The predicted octanol–water partition coefficient (Wildman–Crippen LogP) is 2.98. The van der Waals surface area contributed by atoms with Gasteiger partial charge in [0.1, 0.15) is 5.75 Å². The molecule has 2 aromatic rings. The highest BCUT2D eigenvalue weighted by molar-refractivity contribution is 5.84. The zero-order valence-electron chi connectivity index (χ0n) is 11.2. The first kappa shape index (κ1) is 13.8. The molecular formula is C14H15NO5. The van der Waals surface area contributed by atoms with Crippen LogP contribution in [0.2, 0.25) is 0 Å². The van der Waals surface area contributed by atoms with Crippen LogP contribution in [-0.4, -0.2) is 25.4 Å². The van der Waals surface area contributed by atoms with Crippen molar-refractivity contribution < 1.29 is 23.8 Å². The Morgan fingerprint density at radius 1 is 1.15 bits per heavy atom. The van der Waals surface area contributed by atoms with E-state index in [4.69, 9.17) is 13.9 Å². The summed E-state index contributed by atoms with van der Waals surface area (Å²) < 4.78 is 15.2. The van der Waals surface area contributed by atoms with Gasteiger partial charge in [0.05, 0.1) is 20.8 Å². The summed E-state index contributed by atoms with van der Waals surface area (Å²) in [5, 5.41) is 9.27. The van der Waals surface area contributed by atoms with Crippen LogP contribution in [0, 0.1) is 0 Å². The summed E-state index contributed by atoms with van der Waals surface area (Å²) in [5.74, 6) is 1.20. The Morgan fingerprint density at radius 3 is 2.35 bits per heavy atom. The fourth-order valence-corrected chi connectivity index (χ4v) is 1.72. The fraction of sp³-hybridized carbons (Fsp3) is 0.214. The molecule has 106 valence electrons. The van der Waals surface area contributed by atoms with Gasteiger partial charge in [-0.05, 0) is 17.7 Å². The van der Waals surface area contributed by atoms with Crippen molar-refractivity contribution in [1.29, 1.82) is 0 Å². The lowest BCUT2D eigenvalue weighted by Crippen LogP contribution is -2.28. The van der Waals surface area contributed by atoms with Crippen LogP contribution in [0.4, 0.5) is 10.7 Å². The van der Waals surface area contributed by atoms with Crippen LogP contribution in [0.3, 0.4) is 0 Å². The predicted molar refractivity (Wildman–Crippen MR) is 72.5 cm³/mol. The van der Waals surface area contributed by atoms with E-state index in [1.54, 1.807) is 43.5 Å². The number of benzene rings is 1. The maximum absolute atomic E-state index is 11.3. The van der Waals surface area contributed by atoms with Gasteiger partial charge in [-0.15, -0.1) is 0 Å². The van der Waals surface area contributed by atoms with Crippen LogP contribution < -0.4 is 14.4 Å². The molecule has 0 bridgehead atoms. The Morgan fingerprint density at radius 2 is 1.85 bits per heavy atom. The van der Waals surface area contributed by atoms with Crippen molar-refractivity contribution in [3.63, 3.8) is 0 Å². The molecule has 0 saturated carbocycles. The van der Waals surface area contributed by atoms with Crippen molar-refractivity contribution in [3.8, 4) is 11.7 Å². The Balaban J connectivity index is 2.18. The highest BCUT2D eigenvalue weighted by Gasteiger charge is 2.19. The molecule has 1 aromatic heterocycles. The van der Waals surface area contributed by atoms with Gasteiger partial charge in [-0.1, -0.05) is 12.1 Å². The molecule has 6 nitrogen and oxygen atoms in total. The third kappa shape index (κ3) is 3.03. The molecule has 0 saturated heterocycles. The molecule has 0 aliphatic carbocycles. The molecular weight excluding hydrogens is 262 g/mol. The summed E-state index contributed by atoms with van der Waals surface area (Å²) in [6.07, 6.45) is -1.10. The molecule has 0 spiro atoms. The summed E-state index contributed by atoms with van der Waals surface area (Å²) in [4.78, 5) is 12.4. The Labute approximate surface area is 116 Å². The van der Waals surface area contributed by atoms with Gasteiger partial charge >= 0.3 is 6.09 Å². The average Bonchev–Trinajstić information content (AvgIpc) is 2.93. The molecule has 2 rings (SSSR count). The number of rotatable bonds is 5. The maximum atomic E-state index is 11.3. The number of nitrogens with zero attached hydrogens (tertiary/aromatic N) is 1. The molecule has 0 atom stereocenters. The van der Waals surface area contributed by atoms with E-state index in [2.05, 4.69) is 0 Å². The minimum absolute atomic E-state index is 0.177. The molecule has 0 aliphatic rings. The quantitative estimate of drug-likeness (QED) is 0.909. The van der Waals surface area contributed by atoms with E-state index in [0.29, 0.717) is 0 Å². The molecule has 0 unspecified atom stereocenters. The van der Waals surface area contributed by atoms with Crippen molar-refractivity contribution >= 4 is 12.0 Å². The normalized spacial score (nSPS) is 10.1. The maximum Gasteiger partial charge on any atom is 0.414 e. The van der Waals surface area contributed by atoms with Crippen molar-refractivity contribution in [3.05, 3.63) is 42.0 Å². The molecule has 20 heavy (non-hydrogen) atoms. The second-order valence-electron chi connectivity index (χ2n) is 4.01. The molecule has 1 aromatic carbocycles. The first-order chi connectivity index (χ1) is 9.63. The number of hydrogen-bond donors (Lipinski definition) is 1. The highest BCUT2D eigenvalue weighted by Crippen LogP contribution is 2.25. The number of carbonyl (C=O) groups is 1. The van der Waals surface area contributed by atoms with Gasteiger partial charge in [0.2, 0.25) is 5.88 Å². The summed E-state index contributed by atoms with van der Waals surface area (Å²) in [7, 11) is 3.03. The summed E-state index contributed by atoms with van der Waals surface area (Å²) in [5.41, 5.74) is 0.823. The van der Waals surface area contributed by atoms with E-state index in [1.807, 2.05) is 0 Å². The van der Waals surface area contributed by atoms with Crippen molar-refractivity contribution in [2.75, 3.05) is 19.1 Å². The summed E-state index contributed by atoms with van der Waals surface area (Å²) in [6, 6.07) is 10.3. The van der Waals surface area contributed by atoms with Gasteiger partial charge in [-0.25, -0.2) is 9.69 Å². The summed E-state index contributed by atoms with van der Waals surface area (Å²) >= 11 is 0. The third-order valence-corrected chi connectivity index (χ3v) is 2.77. The molecule has 0 aliphatic heterocycles. The monoisotopic (exact) mass is 277 g/mol. The molecule has 6 heteroatoms. The second-order valence-corrected chi connectivity index (χ2v) is 4.01. The van der Waals surface area contributed by atoms with Crippen molar-refractivity contribution in [2.24, 2.45) is 0 Å². The van der Waals surface area contributed by atoms with Crippen LogP contribution in [0.5, 0.6) is 11.7 Å². The van der Waals surface area contributed by atoms with Crippen LogP contribution >= 0.6 is 0 Å². The van der Waals surface area contributed by atoms with E-state index in [9.17, 15) is 9.90 Å².